The standard InChI is InChI=1S/C17H15N3O5S/c1-23-9-3-4-10(12(7-9)24-2)17(22)19-14-6-5-13(26-14)15-11(16(18)21)8-25-20-15/h3-8H,1-2H3,(H2,18,21)(H,19,22). The minimum absolute atomic E-state index is 0.182. The smallest absolute Gasteiger partial charge is 0.260 e. The van der Waals surface area contributed by atoms with E-state index in [9.17, 15) is 9.59 Å². The molecule has 0 spiro atoms. The summed E-state index contributed by atoms with van der Waals surface area (Å²) in [5.74, 6) is 0.00403. The summed E-state index contributed by atoms with van der Waals surface area (Å²) in [6, 6.07) is 8.34. The van der Waals surface area contributed by atoms with E-state index >= 15 is 0 Å². The van der Waals surface area contributed by atoms with E-state index in [0.717, 1.165) is 0 Å². The molecule has 0 saturated heterocycles. The van der Waals surface area contributed by atoms with Crippen molar-refractivity contribution in [1.29, 1.82) is 0 Å². The van der Waals surface area contributed by atoms with Gasteiger partial charge in [0.2, 0.25) is 0 Å². The maximum atomic E-state index is 12.5. The van der Waals surface area contributed by atoms with Crippen molar-refractivity contribution in [3.8, 4) is 22.1 Å². The van der Waals surface area contributed by atoms with E-state index in [4.69, 9.17) is 19.7 Å². The topological polar surface area (TPSA) is 117 Å². The summed E-state index contributed by atoms with van der Waals surface area (Å²) in [6.45, 7) is 0. The quantitative estimate of drug-likeness (QED) is 0.686. The Bertz CT molecular complexity index is 963. The number of benzene rings is 1. The summed E-state index contributed by atoms with van der Waals surface area (Å²) in [5, 5.41) is 7.15. The molecule has 3 rings (SSSR count). The summed E-state index contributed by atoms with van der Waals surface area (Å²) in [6.07, 6.45) is 1.19. The Morgan fingerprint density at radius 1 is 1.15 bits per heavy atom. The van der Waals surface area contributed by atoms with Gasteiger partial charge in [-0.15, -0.1) is 11.3 Å². The van der Waals surface area contributed by atoms with Gasteiger partial charge in [-0.25, -0.2) is 0 Å². The minimum atomic E-state index is -0.636. The second kappa shape index (κ2) is 7.28. The molecule has 0 aliphatic rings. The first-order valence-electron chi connectivity index (χ1n) is 7.41. The lowest BCUT2D eigenvalue weighted by atomic mass is 10.2. The summed E-state index contributed by atoms with van der Waals surface area (Å²) >= 11 is 1.24. The predicted octanol–water partition coefficient (Wildman–Crippen LogP) is 2.77. The van der Waals surface area contributed by atoms with Crippen LogP contribution in [-0.4, -0.2) is 31.2 Å². The number of anilines is 1. The summed E-state index contributed by atoms with van der Waals surface area (Å²) in [7, 11) is 3.01. The van der Waals surface area contributed by atoms with Crippen molar-refractivity contribution >= 4 is 28.2 Å². The summed E-state index contributed by atoms with van der Waals surface area (Å²) in [4.78, 5) is 24.6. The average molecular weight is 373 g/mol. The molecule has 0 radical (unpaired) electrons. The molecular weight excluding hydrogens is 358 g/mol. The highest BCUT2D eigenvalue weighted by Crippen LogP contribution is 2.33. The lowest BCUT2D eigenvalue weighted by Crippen LogP contribution is -2.12. The zero-order valence-corrected chi connectivity index (χ0v) is 14.8. The Morgan fingerprint density at radius 2 is 1.96 bits per heavy atom. The number of nitrogens with zero attached hydrogens (tertiary/aromatic N) is 1. The number of thiophene rings is 1. The van der Waals surface area contributed by atoms with Gasteiger partial charge in [-0.05, 0) is 24.3 Å². The zero-order valence-electron chi connectivity index (χ0n) is 13.9. The number of hydrogen-bond acceptors (Lipinski definition) is 7. The van der Waals surface area contributed by atoms with Crippen LogP contribution in [0.15, 0.2) is 41.1 Å². The van der Waals surface area contributed by atoms with Crippen LogP contribution in [0.1, 0.15) is 20.7 Å². The normalized spacial score (nSPS) is 10.4. The van der Waals surface area contributed by atoms with Gasteiger partial charge < -0.3 is 25.0 Å². The van der Waals surface area contributed by atoms with Crippen molar-refractivity contribution in [1.82, 2.24) is 5.16 Å². The fourth-order valence-corrected chi connectivity index (χ4v) is 3.18. The van der Waals surface area contributed by atoms with Gasteiger partial charge in [-0.1, -0.05) is 5.16 Å². The van der Waals surface area contributed by atoms with Crippen molar-refractivity contribution in [3.63, 3.8) is 0 Å². The first kappa shape index (κ1) is 17.5. The molecule has 8 nitrogen and oxygen atoms in total. The van der Waals surface area contributed by atoms with Crippen molar-refractivity contribution in [3.05, 3.63) is 47.7 Å². The molecule has 9 heteroatoms. The number of nitrogens with one attached hydrogen (secondary N) is 1. The molecule has 2 heterocycles. The fraction of sp³-hybridized carbons (Fsp3) is 0.118. The van der Waals surface area contributed by atoms with Crippen LogP contribution < -0.4 is 20.5 Å². The Labute approximate surface area is 152 Å². The number of hydrogen-bond donors (Lipinski definition) is 2. The van der Waals surface area contributed by atoms with Gasteiger partial charge in [0, 0.05) is 6.07 Å². The van der Waals surface area contributed by atoms with Gasteiger partial charge in [-0.3, -0.25) is 9.59 Å². The number of ether oxygens (including phenoxy) is 2. The van der Waals surface area contributed by atoms with Crippen molar-refractivity contribution in [2.75, 3.05) is 19.5 Å². The van der Waals surface area contributed by atoms with Gasteiger partial charge in [0.25, 0.3) is 11.8 Å². The van der Waals surface area contributed by atoms with Crippen LogP contribution >= 0.6 is 11.3 Å². The number of methoxy groups -OCH3 is 2. The Morgan fingerprint density at radius 3 is 2.65 bits per heavy atom. The number of nitrogens with two attached hydrogens (primary N) is 1. The highest BCUT2D eigenvalue weighted by molar-refractivity contribution is 7.19. The number of rotatable bonds is 6. The molecule has 0 unspecified atom stereocenters. The lowest BCUT2D eigenvalue weighted by molar-refractivity contribution is 0.0997. The molecule has 1 aromatic carbocycles. The van der Waals surface area contributed by atoms with Crippen molar-refractivity contribution in [2.24, 2.45) is 5.73 Å². The number of primary amides is 1. The molecule has 2 amide bonds. The lowest BCUT2D eigenvalue weighted by Gasteiger charge is -2.09. The van der Waals surface area contributed by atoms with E-state index in [1.807, 2.05) is 0 Å². The van der Waals surface area contributed by atoms with E-state index in [1.54, 1.807) is 30.3 Å². The third-order valence-electron chi connectivity index (χ3n) is 3.56. The van der Waals surface area contributed by atoms with E-state index < -0.39 is 5.91 Å². The van der Waals surface area contributed by atoms with Gasteiger partial charge in [-0.2, -0.15) is 0 Å². The number of aromatic nitrogens is 1. The molecule has 0 atom stereocenters. The Balaban J connectivity index is 1.82. The number of amides is 2. The largest absolute Gasteiger partial charge is 0.497 e. The third kappa shape index (κ3) is 3.38. The molecule has 0 aliphatic carbocycles. The molecular formula is C17H15N3O5S. The molecule has 0 bridgehead atoms. The third-order valence-corrected chi connectivity index (χ3v) is 4.57. The summed E-state index contributed by atoms with van der Waals surface area (Å²) in [5.41, 5.74) is 6.17. The van der Waals surface area contributed by atoms with Crippen LogP contribution in [-0.2, 0) is 0 Å². The van der Waals surface area contributed by atoms with Crippen LogP contribution in [0.5, 0.6) is 11.5 Å². The Hall–Kier alpha value is -3.33. The zero-order chi connectivity index (χ0) is 18.7. The van der Waals surface area contributed by atoms with Gasteiger partial charge in [0.1, 0.15) is 29.0 Å². The molecule has 0 saturated carbocycles. The van der Waals surface area contributed by atoms with Gasteiger partial charge in [0.05, 0.1) is 29.7 Å². The molecule has 134 valence electrons. The van der Waals surface area contributed by atoms with Crippen LogP contribution in [0, 0.1) is 0 Å². The Kier molecular flexibility index (Phi) is 4.90. The highest BCUT2D eigenvalue weighted by Gasteiger charge is 2.18. The first-order chi connectivity index (χ1) is 12.5. The van der Waals surface area contributed by atoms with E-state index in [0.29, 0.717) is 32.6 Å². The molecule has 3 N–H and O–H groups in total. The predicted molar refractivity (Wildman–Crippen MR) is 95.8 cm³/mol. The molecule has 0 aliphatic heterocycles. The average Bonchev–Trinajstić information content (AvgIpc) is 3.29. The molecule has 26 heavy (non-hydrogen) atoms. The van der Waals surface area contributed by atoms with E-state index in [-0.39, 0.29) is 11.5 Å². The monoisotopic (exact) mass is 373 g/mol. The van der Waals surface area contributed by atoms with Gasteiger partial charge >= 0.3 is 0 Å². The van der Waals surface area contributed by atoms with E-state index in [2.05, 4.69) is 10.5 Å². The molecule has 0 fully saturated rings. The van der Waals surface area contributed by atoms with Crippen molar-refractivity contribution < 1.29 is 23.6 Å². The number of carbonyl (C=O) groups excluding carboxylic acids is 2. The van der Waals surface area contributed by atoms with E-state index in [1.165, 1.54) is 31.8 Å². The maximum absolute atomic E-state index is 12.5. The molecule has 2 aromatic heterocycles. The molecule has 3 aromatic rings. The number of carbonyl (C=O) groups is 2. The maximum Gasteiger partial charge on any atom is 0.260 e. The second-order valence-corrected chi connectivity index (χ2v) is 6.21. The van der Waals surface area contributed by atoms with Gasteiger partial charge in [0.15, 0.2) is 0 Å². The first-order valence-corrected chi connectivity index (χ1v) is 8.23. The van der Waals surface area contributed by atoms with Crippen LogP contribution in [0.2, 0.25) is 0 Å². The highest BCUT2D eigenvalue weighted by atomic mass is 32.1. The summed E-state index contributed by atoms with van der Waals surface area (Å²) < 4.78 is 15.2. The van der Waals surface area contributed by atoms with Crippen LogP contribution in [0.25, 0.3) is 10.6 Å². The SMILES string of the molecule is COc1ccc(C(=O)Nc2ccc(-c3nocc3C(N)=O)s2)c(OC)c1. The van der Waals surface area contributed by atoms with Crippen molar-refractivity contribution in [2.45, 2.75) is 0 Å². The minimum Gasteiger partial charge on any atom is -0.497 e. The second-order valence-electron chi connectivity index (χ2n) is 5.13. The fourth-order valence-electron chi connectivity index (χ4n) is 2.29. The van der Waals surface area contributed by atoms with Crippen LogP contribution in [0.4, 0.5) is 5.00 Å². The van der Waals surface area contributed by atoms with Crippen LogP contribution in [0.3, 0.4) is 0 Å².